The van der Waals surface area contributed by atoms with Crippen molar-refractivity contribution in [2.24, 2.45) is 11.8 Å². The number of aryl methyl sites for hydroxylation is 2. The molecule has 2 heteroatoms. The van der Waals surface area contributed by atoms with Crippen LogP contribution >= 0.6 is 11.3 Å². The second-order valence-corrected chi connectivity index (χ2v) is 9.41. The normalized spacial score (nSPS) is 22.2. The summed E-state index contributed by atoms with van der Waals surface area (Å²) in [6.07, 6.45) is 8.74. The van der Waals surface area contributed by atoms with E-state index in [9.17, 15) is 0 Å². The summed E-state index contributed by atoms with van der Waals surface area (Å²) >= 11 is 1.98. The summed E-state index contributed by atoms with van der Waals surface area (Å²) < 4.78 is 0. The van der Waals surface area contributed by atoms with Gasteiger partial charge in [0.2, 0.25) is 0 Å². The Kier molecular flexibility index (Phi) is 4.12. The summed E-state index contributed by atoms with van der Waals surface area (Å²) in [7, 11) is 0. The SMILES string of the molecule is CC[C@@H]1CCc2nc3sc4c(c3c(-c3ccccc3)c2C1)CC[C@@H](C)C4. The molecule has 3 aromatic rings. The van der Waals surface area contributed by atoms with Crippen molar-refractivity contribution in [2.75, 3.05) is 0 Å². The zero-order valence-corrected chi connectivity index (χ0v) is 16.7. The van der Waals surface area contributed by atoms with Gasteiger partial charge in [-0.1, -0.05) is 50.6 Å². The van der Waals surface area contributed by atoms with Crippen LogP contribution in [0.3, 0.4) is 0 Å². The van der Waals surface area contributed by atoms with E-state index in [0.29, 0.717) is 0 Å². The quantitative estimate of drug-likeness (QED) is 0.501. The Morgan fingerprint density at radius 1 is 1.04 bits per heavy atom. The number of benzene rings is 1. The molecule has 134 valence electrons. The minimum Gasteiger partial charge on any atom is -0.242 e. The van der Waals surface area contributed by atoms with Gasteiger partial charge in [-0.25, -0.2) is 4.98 Å². The molecular weight excluding hydrogens is 334 g/mol. The number of aromatic nitrogens is 1. The lowest BCUT2D eigenvalue weighted by atomic mass is 9.79. The zero-order valence-electron chi connectivity index (χ0n) is 15.8. The van der Waals surface area contributed by atoms with E-state index in [-0.39, 0.29) is 0 Å². The van der Waals surface area contributed by atoms with Gasteiger partial charge in [0.1, 0.15) is 4.83 Å². The van der Waals surface area contributed by atoms with E-state index >= 15 is 0 Å². The molecule has 0 unspecified atom stereocenters. The molecule has 0 saturated heterocycles. The molecule has 2 aliphatic rings. The molecule has 0 amide bonds. The molecule has 26 heavy (non-hydrogen) atoms. The number of hydrogen-bond donors (Lipinski definition) is 0. The molecule has 0 aliphatic heterocycles. The van der Waals surface area contributed by atoms with E-state index in [1.54, 1.807) is 16.0 Å². The van der Waals surface area contributed by atoms with Crippen molar-refractivity contribution >= 4 is 21.6 Å². The van der Waals surface area contributed by atoms with Crippen LogP contribution in [-0.4, -0.2) is 4.98 Å². The Balaban J connectivity index is 1.82. The Morgan fingerprint density at radius 2 is 1.88 bits per heavy atom. The number of pyridine rings is 1. The molecule has 0 fully saturated rings. The fraction of sp³-hybridized carbons (Fsp3) is 0.458. The van der Waals surface area contributed by atoms with Gasteiger partial charge in [-0.3, -0.25) is 0 Å². The molecule has 0 N–H and O–H groups in total. The van der Waals surface area contributed by atoms with Crippen LogP contribution in [0, 0.1) is 11.8 Å². The minimum atomic E-state index is 0.815. The van der Waals surface area contributed by atoms with Crippen LogP contribution in [0.4, 0.5) is 0 Å². The highest BCUT2D eigenvalue weighted by molar-refractivity contribution is 7.19. The first-order valence-electron chi connectivity index (χ1n) is 10.3. The van der Waals surface area contributed by atoms with E-state index in [4.69, 9.17) is 4.98 Å². The summed E-state index contributed by atoms with van der Waals surface area (Å²) in [5.74, 6) is 1.63. The first-order chi connectivity index (χ1) is 12.7. The van der Waals surface area contributed by atoms with E-state index in [1.807, 2.05) is 11.3 Å². The fourth-order valence-electron chi connectivity index (χ4n) is 4.99. The number of hydrogen-bond acceptors (Lipinski definition) is 2. The van der Waals surface area contributed by atoms with Crippen molar-refractivity contribution in [1.29, 1.82) is 0 Å². The molecule has 2 aliphatic carbocycles. The van der Waals surface area contributed by atoms with Crippen LogP contribution in [0.1, 0.15) is 54.8 Å². The lowest BCUT2D eigenvalue weighted by molar-refractivity contribution is 0.441. The average molecular weight is 362 g/mol. The maximum atomic E-state index is 5.22. The third-order valence-corrected chi connectivity index (χ3v) is 7.70. The van der Waals surface area contributed by atoms with Gasteiger partial charge >= 0.3 is 0 Å². The van der Waals surface area contributed by atoms with E-state index in [1.165, 1.54) is 65.6 Å². The van der Waals surface area contributed by atoms with Gasteiger partial charge in [0.25, 0.3) is 0 Å². The van der Waals surface area contributed by atoms with Gasteiger partial charge in [-0.15, -0.1) is 11.3 Å². The minimum absolute atomic E-state index is 0.815. The van der Waals surface area contributed by atoms with E-state index in [0.717, 1.165) is 18.3 Å². The summed E-state index contributed by atoms with van der Waals surface area (Å²) in [4.78, 5) is 8.13. The summed E-state index contributed by atoms with van der Waals surface area (Å²) in [5.41, 5.74) is 7.48. The lowest BCUT2D eigenvalue weighted by Crippen LogP contribution is -2.16. The summed E-state index contributed by atoms with van der Waals surface area (Å²) in [5, 5.41) is 1.50. The monoisotopic (exact) mass is 361 g/mol. The van der Waals surface area contributed by atoms with Crippen LogP contribution in [0.15, 0.2) is 30.3 Å². The van der Waals surface area contributed by atoms with Crippen molar-refractivity contribution in [3.05, 3.63) is 52.0 Å². The number of fused-ring (bicyclic) bond motifs is 4. The molecule has 1 nitrogen and oxygen atoms in total. The van der Waals surface area contributed by atoms with Gasteiger partial charge < -0.3 is 0 Å². The van der Waals surface area contributed by atoms with Crippen molar-refractivity contribution in [2.45, 2.75) is 58.8 Å². The average Bonchev–Trinajstić information content (AvgIpc) is 3.03. The predicted molar refractivity (Wildman–Crippen MR) is 112 cm³/mol. The zero-order chi connectivity index (χ0) is 17.7. The number of nitrogens with zero attached hydrogens (tertiary/aromatic N) is 1. The van der Waals surface area contributed by atoms with Crippen LogP contribution in [0.5, 0.6) is 0 Å². The second kappa shape index (κ2) is 6.49. The van der Waals surface area contributed by atoms with E-state index < -0.39 is 0 Å². The maximum Gasteiger partial charge on any atom is 0.124 e. The van der Waals surface area contributed by atoms with Crippen LogP contribution in [0.2, 0.25) is 0 Å². The van der Waals surface area contributed by atoms with Crippen molar-refractivity contribution in [3.63, 3.8) is 0 Å². The third kappa shape index (κ3) is 2.62. The largest absolute Gasteiger partial charge is 0.242 e. The summed E-state index contributed by atoms with van der Waals surface area (Å²) in [6.45, 7) is 4.74. The molecule has 1 aromatic carbocycles. The predicted octanol–water partition coefficient (Wildman–Crippen LogP) is 6.60. The highest BCUT2D eigenvalue weighted by Gasteiger charge is 2.28. The third-order valence-electron chi connectivity index (χ3n) is 6.55. The Labute approximate surface area is 160 Å². The Morgan fingerprint density at radius 3 is 2.69 bits per heavy atom. The van der Waals surface area contributed by atoms with Crippen LogP contribution < -0.4 is 0 Å². The first kappa shape index (κ1) is 16.5. The number of rotatable bonds is 2. The van der Waals surface area contributed by atoms with Crippen LogP contribution in [-0.2, 0) is 25.7 Å². The van der Waals surface area contributed by atoms with Crippen molar-refractivity contribution in [3.8, 4) is 11.1 Å². The standard InChI is InChI=1S/C24H27NS/c1-3-16-10-12-20-19(14-16)22(17-7-5-4-6-8-17)23-18-11-9-15(2)13-21(18)26-24(23)25-20/h4-8,15-16H,3,9-14H2,1-2H3/t15-,16-/m1/s1. The molecular formula is C24H27NS. The lowest BCUT2D eigenvalue weighted by Gasteiger charge is -2.26. The summed E-state index contributed by atoms with van der Waals surface area (Å²) in [6, 6.07) is 11.1. The molecule has 0 saturated carbocycles. The van der Waals surface area contributed by atoms with Gasteiger partial charge in [0.05, 0.1) is 0 Å². The highest BCUT2D eigenvalue weighted by atomic mass is 32.1. The van der Waals surface area contributed by atoms with Crippen molar-refractivity contribution < 1.29 is 0 Å². The Bertz CT molecular complexity index is 953. The van der Waals surface area contributed by atoms with Crippen molar-refractivity contribution in [1.82, 2.24) is 4.98 Å². The number of thiophene rings is 1. The fourth-order valence-corrected chi connectivity index (χ4v) is 6.40. The molecule has 0 spiro atoms. The van der Waals surface area contributed by atoms with Gasteiger partial charge in [-0.2, -0.15) is 0 Å². The van der Waals surface area contributed by atoms with E-state index in [2.05, 4.69) is 44.2 Å². The topological polar surface area (TPSA) is 12.9 Å². The maximum absolute atomic E-state index is 5.22. The Hall–Kier alpha value is -1.67. The second-order valence-electron chi connectivity index (χ2n) is 8.33. The molecule has 2 heterocycles. The molecule has 5 rings (SSSR count). The molecule has 2 aromatic heterocycles. The first-order valence-corrected chi connectivity index (χ1v) is 11.1. The smallest absolute Gasteiger partial charge is 0.124 e. The highest BCUT2D eigenvalue weighted by Crippen LogP contribution is 2.45. The molecule has 0 radical (unpaired) electrons. The van der Waals surface area contributed by atoms with Gasteiger partial charge in [-0.05, 0) is 72.6 Å². The van der Waals surface area contributed by atoms with Crippen LogP contribution in [0.25, 0.3) is 21.3 Å². The van der Waals surface area contributed by atoms with Gasteiger partial charge in [0, 0.05) is 16.0 Å². The molecule has 0 bridgehead atoms. The molecule has 2 atom stereocenters. The van der Waals surface area contributed by atoms with Gasteiger partial charge in [0.15, 0.2) is 0 Å².